The summed E-state index contributed by atoms with van der Waals surface area (Å²) in [5, 5.41) is 0.694. The van der Waals surface area contributed by atoms with Crippen LogP contribution >= 0.6 is 11.6 Å². The molecule has 3 aromatic rings. The fraction of sp³-hybridized carbons (Fsp3) is 0.379. The Morgan fingerprint density at radius 3 is 2.50 bits per heavy atom. The van der Waals surface area contributed by atoms with Crippen LogP contribution in [0, 0.1) is 0 Å². The van der Waals surface area contributed by atoms with Crippen LogP contribution in [0.5, 0.6) is 17.4 Å². The summed E-state index contributed by atoms with van der Waals surface area (Å²) in [4.78, 5) is 22.5. The number of rotatable bonds is 2. The Morgan fingerprint density at radius 1 is 0.861 bits per heavy atom. The molecule has 0 saturated carbocycles. The molecule has 36 heavy (non-hydrogen) atoms. The van der Waals surface area contributed by atoms with Gasteiger partial charge in [-0.25, -0.2) is 4.98 Å². The van der Waals surface area contributed by atoms with Gasteiger partial charge in [0.25, 0.3) is 5.91 Å². The highest BCUT2D eigenvalue weighted by atomic mass is 35.5. The van der Waals surface area contributed by atoms with Crippen molar-refractivity contribution in [2.75, 3.05) is 31.1 Å². The van der Waals surface area contributed by atoms with E-state index in [0.717, 1.165) is 56.4 Å². The zero-order chi connectivity index (χ0) is 24.7. The first-order valence-electron chi connectivity index (χ1n) is 12.9. The summed E-state index contributed by atoms with van der Waals surface area (Å²) in [6.07, 6.45) is 8.00. The summed E-state index contributed by atoms with van der Waals surface area (Å²) in [5.74, 6) is 1.80. The Balaban J connectivity index is 1.44. The summed E-state index contributed by atoms with van der Waals surface area (Å²) in [5.41, 5.74) is 2.46. The number of fused-ring (bicyclic) bond motifs is 2. The van der Waals surface area contributed by atoms with Crippen molar-refractivity contribution in [3.63, 3.8) is 0 Å². The number of hydrogen-bond donors (Lipinski definition) is 0. The average molecular weight is 506 g/mol. The molecule has 6 nitrogen and oxygen atoms in total. The van der Waals surface area contributed by atoms with E-state index in [1.807, 2.05) is 59.5 Å². The number of ether oxygens (including phenoxy) is 2. The van der Waals surface area contributed by atoms with Gasteiger partial charge in [0, 0.05) is 37.0 Å². The van der Waals surface area contributed by atoms with Crippen LogP contribution in [-0.2, 0) is 6.54 Å². The van der Waals surface area contributed by atoms with Crippen LogP contribution in [0.15, 0.2) is 60.8 Å². The predicted molar refractivity (Wildman–Crippen MR) is 142 cm³/mol. The molecule has 0 spiro atoms. The summed E-state index contributed by atoms with van der Waals surface area (Å²) in [6, 6.07) is 17.1. The molecule has 1 amide bonds. The van der Waals surface area contributed by atoms with Gasteiger partial charge in [-0.2, -0.15) is 0 Å². The van der Waals surface area contributed by atoms with E-state index in [9.17, 15) is 4.79 Å². The largest absolute Gasteiger partial charge is 0.490 e. The van der Waals surface area contributed by atoms with Crippen molar-refractivity contribution in [2.24, 2.45) is 0 Å². The average Bonchev–Trinajstić information content (AvgIpc) is 2.93. The van der Waals surface area contributed by atoms with Crippen molar-refractivity contribution in [3.05, 3.63) is 76.9 Å². The molecule has 1 aromatic heterocycles. The van der Waals surface area contributed by atoms with Crippen molar-refractivity contribution in [3.8, 4) is 17.4 Å². The minimum absolute atomic E-state index is 0.00810. The lowest BCUT2D eigenvalue weighted by Gasteiger charge is -2.30. The number of aromatic nitrogens is 1. The van der Waals surface area contributed by atoms with Crippen LogP contribution in [0.3, 0.4) is 0 Å². The first kappa shape index (κ1) is 24.4. The van der Waals surface area contributed by atoms with Crippen LogP contribution in [-0.4, -0.2) is 42.0 Å². The maximum Gasteiger partial charge on any atom is 0.254 e. The van der Waals surface area contributed by atoms with Crippen molar-refractivity contribution in [1.82, 2.24) is 9.88 Å². The molecular formula is C29H32ClN3O3. The molecule has 5 rings (SSSR count). The first-order chi connectivity index (χ1) is 17.7. The van der Waals surface area contributed by atoms with Gasteiger partial charge in [0.1, 0.15) is 0 Å². The van der Waals surface area contributed by atoms with Crippen molar-refractivity contribution in [1.29, 1.82) is 0 Å². The van der Waals surface area contributed by atoms with Crippen LogP contribution in [0.25, 0.3) is 0 Å². The van der Waals surface area contributed by atoms with Crippen LogP contribution in [0.4, 0.5) is 5.69 Å². The summed E-state index contributed by atoms with van der Waals surface area (Å²) in [6.45, 7) is 3.59. The van der Waals surface area contributed by atoms with Crippen molar-refractivity contribution < 1.29 is 14.3 Å². The highest BCUT2D eigenvalue weighted by Crippen LogP contribution is 2.34. The number of amides is 1. The number of piperidine rings is 1. The van der Waals surface area contributed by atoms with Crippen LogP contribution in [0.1, 0.15) is 54.4 Å². The molecule has 3 heterocycles. The molecule has 7 heteroatoms. The first-order valence-corrected chi connectivity index (χ1v) is 13.2. The number of nitrogens with zero attached hydrogens (tertiary/aromatic N) is 3. The standard InChI is InChI=1S/C29H32ClN3O3/c30-24-14-13-22(20-25(24)32-16-5-1-6-17-32)29(34)33-18-7-2-8-19-35-26-11-3-4-12-27(26)36-28-23(21-33)10-9-15-31-28/h3-4,9-15,20H,1-2,5-8,16-19,21H2. The van der Waals surface area contributed by atoms with E-state index in [-0.39, 0.29) is 5.91 Å². The fourth-order valence-electron chi connectivity index (χ4n) is 4.82. The number of benzene rings is 2. The highest BCUT2D eigenvalue weighted by molar-refractivity contribution is 6.33. The van der Waals surface area contributed by atoms with Crippen LogP contribution in [0.2, 0.25) is 5.02 Å². The quantitative estimate of drug-likeness (QED) is 0.387. The monoisotopic (exact) mass is 505 g/mol. The van der Waals surface area contributed by atoms with Gasteiger partial charge in [-0.3, -0.25) is 4.79 Å². The molecule has 0 bridgehead atoms. The molecule has 0 aliphatic carbocycles. The molecule has 2 aliphatic rings. The van der Waals surface area contributed by atoms with E-state index in [0.29, 0.717) is 47.7 Å². The smallest absolute Gasteiger partial charge is 0.254 e. The SMILES string of the molecule is O=C(c1ccc(Cl)c(N2CCCCC2)c1)N1CCCCCOc2ccccc2Oc2ncccc2C1. The van der Waals surface area contributed by atoms with E-state index in [2.05, 4.69) is 9.88 Å². The maximum absolute atomic E-state index is 13.8. The van der Waals surface area contributed by atoms with Gasteiger partial charge in [0.15, 0.2) is 11.5 Å². The third-order valence-electron chi connectivity index (χ3n) is 6.77. The molecule has 2 aromatic carbocycles. The summed E-state index contributed by atoms with van der Waals surface area (Å²) >= 11 is 6.56. The molecule has 0 unspecified atom stereocenters. The van der Waals surface area contributed by atoms with Gasteiger partial charge in [-0.1, -0.05) is 29.8 Å². The van der Waals surface area contributed by atoms with Crippen LogP contribution < -0.4 is 14.4 Å². The van der Waals surface area contributed by atoms with Gasteiger partial charge in [0.2, 0.25) is 5.88 Å². The second-order valence-corrected chi connectivity index (χ2v) is 9.77. The Hall–Kier alpha value is -3.25. The van der Waals surface area contributed by atoms with Crippen molar-refractivity contribution >= 4 is 23.2 Å². The van der Waals surface area contributed by atoms with Crippen molar-refractivity contribution in [2.45, 2.75) is 45.1 Å². The molecular weight excluding hydrogens is 474 g/mol. The Kier molecular flexibility index (Phi) is 7.91. The minimum atomic E-state index is -0.00810. The topological polar surface area (TPSA) is 54.9 Å². The maximum atomic E-state index is 13.8. The predicted octanol–water partition coefficient (Wildman–Crippen LogP) is 6.72. The van der Waals surface area contributed by atoms with E-state index in [4.69, 9.17) is 21.1 Å². The number of pyridine rings is 1. The number of halogens is 1. The zero-order valence-corrected chi connectivity index (χ0v) is 21.3. The molecule has 2 aliphatic heterocycles. The zero-order valence-electron chi connectivity index (χ0n) is 20.5. The molecule has 0 radical (unpaired) electrons. The number of carbonyl (C=O) groups excluding carboxylic acids is 1. The van der Waals surface area contributed by atoms with Gasteiger partial charge in [-0.15, -0.1) is 0 Å². The van der Waals surface area contributed by atoms with E-state index in [1.54, 1.807) is 6.20 Å². The van der Waals surface area contributed by atoms with E-state index < -0.39 is 0 Å². The van der Waals surface area contributed by atoms with Gasteiger partial charge in [-0.05, 0) is 74.9 Å². The highest BCUT2D eigenvalue weighted by Gasteiger charge is 2.22. The lowest BCUT2D eigenvalue weighted by molar-refractivity contribution is 0.0738. The second-order valence-electron chi connectivity index (χ2n) is 9.37. The Morgan fingerprint density at radius 2 is 1.64 bits per heavy atom. The Bertz CT molecular complexity index is 1200. The summed E-state index contributed by atoms with van der Waals surface area (Å²) < 4.78 is 12.2. The summed E-state index contributed by atoms with van der Waals surface area (Å²) in [7, 11) is 0. The lowest BCUT2D eigenvalue weighted by atomic mass is 10.1. The normalized spacial score (nSPS) is 16.8. The van der Waals surface area contributed by atoms with Gasteiger partial charge < -0.3 is 19.3 Å². The third kappa shape index (κ3) is 5.76. The second kappa shape index (κ2) is 11.7. The lowest BCUT2D eigenvalue weighted by Crippen LogP contribution is -2.33. The minimum Gasteiger partial charge on any atom is -0.490 e. The molecule has 0 atom stereocenters. The number of hydrogen-bond acceptors (Lipinski definition) is 5. The number of para-hydroxylation sites is 2. The number of carbonyl (C=O) groups is 1. The number of anilines is 1. The van der Waals surface area contributed by atoms with E-state index >= 15 is 0 Å². The van der Waals surface area contributed by atoms with Gasteiger partial charge >= 0.3 is 0 Å². The van der Waals surface area contributed by atoms with Gasteiger partial charge in [0.05, 0.1) is 23.9 Å². The van der Waals surface area contributed by atoms with E-state index in [1.165, 1.54) is 6.42 Å². The third-order valence-corrected chi connectivity index (χ3v) is 7.09. The molecule has 0 N–H and O–H groups in total. The fourth-order valence-corrected chi connectivity index (χ4v) is 5.06. The molecule has 1 fully saturated rings. The molecule has 1 saturated heterocycles. The molecule has 188 valence electrons. The Labute approximate surface area is 217 Å².